The second-order valence-corrected chi connectivity index (χ2v) is 4.69. The van der Waals surface area contributed by atoms with Gasteiger partial charge in [0, 0.05) is 18.1 Å². The monoisotopic (exact) mass is 186 g/mol. The summed E-state index contributed by atoms with van der Waals surface area (Å²) >= 11 is 0. The van der Waals surface area contributed by atoms with Crippen LogP contribution in [0.4, 0.5) is 0 Å². The molecule has 0 spiro atoms. The molecule has 0 aliphatic rings. The Labute approximate surface area is 71.6 Å². The van der Waals surface area contributed by atoms with Crippen molar-refractivity contribution < 1.29 is 8.42 Å². The molecule has 0 amide bonds. The minimum Gasteiger partial charge on any atom is -0.240 e. The van der Waals surface area contributed by atoms with Gasteiger partial charge in [0.15, 0.2) is 9.84 Å². The van der Waals surface area contributed by atoms with E-state index < -0.39 is 9.84 Å². The van der Waals surface area contributed by atoms with Gasteiger partial charge in [0.2, 0.25) is 0 Å². The number of hydrogen-bond acceptors (Lipinski definition) is 4. The van der Waals surface area contributed by atoms with E-state index in [1.165, 1.54) is 12.4 Å². The molecule has 0 atom stereocenters. The third-order valence-corrected chi connectivity index (χ3v) is 2.99. The molecule has 1 heterocycles. The Morgan fingerprint density at radius 2 is 1.92 bits per heavy atom. The van der Waals surface area contributed by atoms with Crippen molar-refractivity contribution in [3.63, 3.8) is 0 Å². The minimum atomic E-state index is -3.00. The Balaban J connectivity index is 2.78. The zero-order valence-corrected chi connectivity index (χ0v) is 7.58. The molecule has 1 aromatic heterocycles. The predicted molar refractivity (Wildman–Crippen MR) is 45.2 cm³/mol. The Hall–Kier alpha value is -0.970. The SMILES string of the molecule is CCS(=O)(=O)Cc1ncccn1. The second kappa shape index (κ2) is 3.62. The number of rotatable bonds is 3. The smallest absolute Gasteiger partial charge is 0.157 e. The molecule has 5 heteroatoms. The molecule has 0 aromatic carbocycles. The van der Waals surface area contributed by atoms with E-state index in [9.17, 15) is 8.42 Å². The summed E-state index contributed by atoms with van der Waals surface area (Å²) in [4.78, 5) is 7.64. The van der Waals surface area contributed by atoms with Crippen LogP contribution in [-0.2, 0) is 15.6 Å². The van der Waals surface area contributed by atoms with Crippen molar-refractivity contribution in [3.8, 4) is 0 Å². The standard InChI is InChI=1S/C7H10N2O2S/c1-2-12(10,11)6-7-8-4-3-5-9-7/h3-5H,2,6H2,1H3. The molecule has 1 rings (SSSR count). The van der Waals surface area contributed by atoms with Crippen molar-refractivity contribution in [2.45, 2.75) is 12.7 Å². The first-order valence-corrected chi connectivity index (χ1v) is 5.42. The zero-order chi connectivity index (χ0) is 9.03. The van der Waals surface area contributed by atoms with Gasteiger partial charge in [-0.25, -0.2) is 18.4 Å². The highest BCUT2D eigenvalue weighted by molar-refractivity contribution is 7.90. The second-order valence-electron chi connectivity index (χ2n) is 2.34. The van der Waals surface area contributed by atoms with E-state index in [-0.39, 0.29) is 11.5 Å². The van der Waals surface area contributed by atoms with Crippen LogP contribution < -0.4 is 0 Å². The molecule has 4 nitrogen and oxygen atoms in total. The highest BCUT2D eigenvalue weighted by Gasteiger charge is 2.09. The average molecular weight is 186 g/mol. The summed E-state index contributed by atoms with van der Waals surface area (Å²) in [6.45, 7) is 1.61. The molecule has 0 saturated carbocycles. The molecule has 66 valence electrons. The molecule has 0 aliphatic heterocycles. The lowest BCUT2D eigenvalue weighted by molar-refractivity contribution is 0.595. The largest absolute Gasteiger partial charge is 0.240 e. The highest BCUT2D eigenvalue weighted by atomic mass is 32.2. The van der Waals surface area contributed by atoms with Crippen LogP contribution in [0.5, 0.6) is 0 Å². The van der Waals surface area contributed by atoms with Gasteiger partial charge in [0.25, 0.3) is 0 Å². The van der Waals surface area contributed by atoms with Gasteiger partial charge in [0.1, 0.15) is 11.6 Å². The molecule has 0 fully saturated rings. The fraction of sp³-hybridized carbons (Fsp3) is 0.429. The molecule has 0 aliphatic carbocycles. The predicted octanol–water partition coefficient (Wildman–Crippen LogP) is 0.411. The maximum atomic E-state index is 11.1. The lowest BCUT2D eigenvalue weighted by Crippen LogP contribution is -2.08. The van der Waals surface area contributed by atoms with Crippen molar-refractivity contribution in [2.24, 2.45) is 0 Å². The molecular weight excluding hydrogens is 176 g/mol. The molecule has 0 radical (unpaired) electrons. The molecule has 1 aromatic rings. The van der Waals surface area contributed by atoms with E-state index in [4.69, 9.17) is 0 Å². The molecule has 0 unspecified atom stereocenters. The lowest BCUT2D eigenvalue weighted by Gasteiger charge is -1.97. The average Bonchev–Trinajstić information content (AvgIpc) is 2.06. The van der Waals surface area contributed by atoms with Gasteiger partial charge >= 0.3 is 0 Å². The van der Waals surface area contributed by atoms with Gasteiger partial charge in [-0.05, 0) is 6.07 Å². The van der Waals surface area contributed by atoms with E-state index in [1.807, 2.05) is 0 Å². The van der Waals surface area contributed by atoms with Gasteiger partial charge in [0.05, 0.1) is 0 Å². The normalized spacial score (nSPS) is 11.4. The van der Waals surface area contributed by atoms with E-state index in [2.05, 4.69) is 9.97 Å². The molecule has 0 N–H and O–H groups in total. The van der Waals surface area contributed by atoms with Crippen molar-refractivity contribution in [1.82, 2.24) is 9.97 Å². The summed E-state index contributed by atoms with van der Waals surface area (Å²) < 4.78 is 22.2. The van der Waals surface area contributed by atoms with Crippen LogP contribution >= 0.6 is 0 Å². The van der Waals surface area contributed by atoms with Crippen LogP contribution in [0.1, 0.15) is 12.7 Å². The van der Waals surface area contributed by atoms with Gasteiger partial charge in [-0.1, -0.05) is 6.92 Å². The molecule has 0 bridgehead atoms. The Morgan fingerprint density at radius 3 is 2.42 bits per heavy atom. The fourth-order valence-corrected chi connectivity index (χ4v) is 1.45. The van der Waals surface area contributed by atoms with Crippen LogP contribution in [0.2, 0.25) is 0 Å². The first kappa shape index (κ1) is 9.12. The topological polar surface area (TPSA) is 59.9 Å². The summed E-state index contributed by atoms with van der Waals surface area (Å²) in [6, 6.07) is 1.65. The maximum Gasteiger partial charge on any atom is 0.157 e. The van der Waals surface area contributed by atoms with Crippen LogP contribution in [0.25, 0.3) is 0 Å². The van der Waals surface area contributed by atoms with Crippen molar-refractivity contribution >= 4 is 9.84 Å². The summed E-state index contributed by atoms with van der Waals surface area (Å²) in [7, 11) is -3.00. The summed E-state index contributed by atoms with van der Waals surface area (Å²) in [5.41, 5.74) is 0. The quantitative estimate of drug-likeness (QED) is 0.686. The van der Waals surface area contributed by atoms with Crippen molar-refractivity contribution in [2.75, 3.05) is 5.75 Å². The number of sulfone groups is 1. The van der Waals surface area contributed by atoms with E-state index in [1.54, 1.807) is 13.0 Å². The Morgan fingerprint density at radius 1 is 1.33 bits per heavy atom. The van der Waals surface area contributed by atoms with Crippen LogP contribution in [-0.4, -0.2) is 24.1 Å². The third-order valence-electron chi connectivity index (χ3n) is 1.41. The van der Waals surface area contributed by atoms with E-state index >= 15 is 0 Å². The number of nitrogens with zero attached hydrogens (tertiary/aromatic N) is 2. The van der Waals surface area contributed by atoms with Crippen LogP contribution in [0.15, 0.2) is 18.5 Å². The summed E-state index contributed by atoms with van der Waals surface area (Å²) in [5, 5.41) is 0. The van der Waals surface area contributed by atoms with Gasteiger partial charge < -0.3 is 0 Å². The van der Waals surface area contributed by atoms with Gasteiger partial charge in [-0.3, -0.25) is 0 Å². The van der Waals surface area contributed by atoms with Crippen LogP contribution in [0, 0.1) is 0 Å². The molecule has 0 saturated heterocycles. The van der Waals surface area contributed by atoms with Crippen LogP contribution in [0.3, 0.4) is 0 Å². The van der Waals surface area contributed by atoms with E-state index in [0.29, 0.717) is 5.82 Å². The van der Waals surface area contributed by atoms with Gasteiger partial charge in [-0.15, -0.1) is 0 Å². The van der Waals surface area contributed by atoms with Gasteiger partial charge in [-0.2, -0.15) is 0 Å². The first-order chi connectivity index (χ1) is 5.64. The number of aromatic nitrogens is 2. The summed E-state index contributed by atoms with van der Waals surface area (Å²) in [5.74, 6) is 0.426. The summed E-state index contributed by atoms with van der Waals surface area (Å²) in [6.07, 6.45) is 3.07. The third kappa shape index (κ3) is 2.58. The Bertz CT molecular complexity index is 334. The van der Waals surface area contributed by atoms with Crippen molar-refractivity contribution in [3.05, 3.63) is 24.3 Å². The minimum absolute atomic E-state index is 0.0651. The van der Waals surface area contributed by atoms with E-state index in [0.717, 1.165) is 0 Å². The maximum absolute atomic E-state index is 11.1. The first-order valence-electron chi connectivity index (χ1n) is 3.60. The van der Waals surface area contributed by atoms with Crippen molar-refractivity contribution in [1.29, 1.82) is 0 Å². The number of hydrogen-bond donors (Lipinski definition) is 0. The lowest BCUT2D eigenvalue weighted by atomic mass is 10.6. The fourth-order valence-electron chi connectivity index (χ4n) is 0.703. The zero-order valence-electron chi connectivity index (χ0n) is 6.77. The highest BCUT2D eigenvalue weighted by Crippen LogP contribution is 1.98. The Kier molecular flexibility index (Phi) is 2.75. The molecular formula is C7H10N2O2S. The molecule has 12 heavy (non-hydrogen) atoms.